The monoisotopic (exact) mass is 338 g/mol. The van der Waals surface area contributed by atoms with Gasteiger partial charge in [0, 0.05) is 4.47 Å². The highest BCUT2D eigenvalue weighted by Crippen LogP contribution is 2.39. The Morgan fingerprint density at radius 2 is 1.45 bits per heavy atom. The van der Waals surface area contributed by atoms with Crippen LogP contribution in [0.4, 0.5) is 0 Å². The van der Waals surface area contributed by atoms with Crippen molar-refractivity contribution in [3.8, 4) is 0 Å². The van der Waals surface area contributed by atoms with Crippen molar-refractivity contribution in [1.82, 2.24) is 0 Å². The highest BCUT2D eigenvalue weighted by Gasteiger charge is 2.25. The van der Waals surface area contributed by atoms with Gasteiger partial charge in [-0.15, -0.1) is 0 Å². The van der Waals surface area contributed by atoms with E-state index in [9.17, 15) is 0 Å². The molecule has 1 atom stereocenters. The molecule has 0 saturated heterocycles. The van der Waals surface area contributed by atoms with Crippen molar-refractivity contribution in [2.45, 2.75) is 78.6 Å². The second kappa shape index (κ2) is 8.87. The van der Waals surface area contributed by atoms with E-state index < -0.39 is 0 Å². The second-order valence-corrected chi connectivity index (χ2v) is 7.94. The summed E-state index contributed by atoms with van der Waals surface area (Å²) in [7, 11) is 0. The number of halogens is 1. The van der Waals surface area contributed by atoms with E-state index >= 15 is 0 Å². The average molecular weight is 339 g/mol. The van der Waals surface area contributed by atoms with E-state index in [1.54, 1.807) is 0 Å². The molecular formula is C19H31Br. The molecule has 1 rings (SSSR count). The summed E-state index contributed by atoms with van der Waals surface area (Å²) in [6, 6.07) is 8.93. The van der Waals surface area contributed by atoms with Crippen LogP contribution in [-0.4, -0.2) is 0 Å². The Hall–Kier alpha value is -0.300. The Morgan fingerprint density at radius 3 is 2.00 bits per heavy atom. The molecule has 1 unspecified atom stereocenters. The molecule has 20 heavy (non-hydrogen) atoms. The molecule has 0 heterocycles. The number of benzene rings is 1. The third-order valence-corrected chi connectivity index (χ3v) is 4.69. The molecule has 0 aliphatic heterocycles. The standard InChI is InChI=1S/C19H31Br/c1-5-6-7-8-9-10-11-18(19(2,3)4)16-12-14-17(20)15-13-16/h12-15,18H,5-11H2,1-4H3. The molecule has 1 aromatic rings. The summed E-state index contributed by atoms with van der Waals surface area (Å²) in [5, 5.41) is 0. The molecule has 0 aliphatic rings. The minimum absolute atomic E-state index is 0.344. The van der Waals surface area contributed by atoms with Crippen LogP contribution in [0, 0.1) is 5.41 Å². The van der Waals surface area contributed by atoms with E-state index in [1.807, 2.05) is 0 Å². The van der Waals surface area contributed by atoms with Gasteiger partial charge < -0.3 is 0 Å². The first-order chi connectivity index (χ1) is 9.45. The summed E-state index contributed by atoms with van der Waals surface area (Å²) in [5.74, 6) is 0.668. The van der Waals surface area contributed by atoms with Gasteiger partial charge in [0.2, 0.25) is 0 Å². The lowest BCUT2D eigenvalue weighted by Crippen LogP contribution is -2.18. The topological polar surface area (TPSA) is 0 Å². The van der Waals surface area contributed by atoms with Crippen LogP contribution < -0.4 is 0 Å². The fourth-order valence-electron chi connectivity index (χ4n) is 2.92. The van der Waals surface area contributed by atoms with E-state index in [0.29, 0.717) is 11.3 Å². The van der Waals surface area contributed by atoms with Gasteiger partial charge in [0.25, 0.3) is 0 Å². The summed E-state index contributed by atoms with van der Waals surface area (Å²) < 4.78 is 1.17. The number of unbranched alkanes of at least 4 members (excludes halogenated alkanes) is 5. The van der Waals surface area contributed by atoms with E-state index in [0.717, 1.165) is 0 Å². The van der Waals surface area contributed by atoms with Crippen LogP contribution in [0.1, 0.15) is 84.1 Å². The fraction of sp³-hybridized carbons (Fsp3) is 0.684. The summed E-state index contributed by atoms with van der Waals surface area (Å²) in [4.78, 5) is 0. The lowest BCUT2D eigenvalue weighted by atomic mass is 9.74. The Labute approximate surface area is 134 Å². The second-order valence-electron chi connectivity index (χ2n) is 7.03. The molecular weight excluding hydrogens is 308 g/mol. The third-order valence-electron chi connectivity index (χ3n) is 4.16. The molecule has 0 aromatic heterocycles. The molecule has 0 spiro atoms. The van der Waals surface area contributed by atoms with Gasteiger partial charge in [0.15, 0.2) is 0 Å². The number of rotatable bonds is 8. The van der Waals surface area contributed by atoms with Crippen LogP contribution in [0.3, 0.4) is 0 Å². The maximum absolute atomic E-state index is 3.53. The summed E-state index contributed by atoms with van der Waals surface area (Å²) in [6.45, 7) is 9.40. The molecule has 0 saturated carbocycles. The Bertz CT molecular complexity index is 358. The molecule has 114 valence electrons. The van der Waals surface area contributed by atoms with Crippen LogP contribution >= 0.6 is 15.9 Å². The van der Waals surface area contributed by atoms with Crippen molar-refractivity contribution in [2.24, 2.45) is 5.41 Å². The Balaban J connectivity index is 2.51. The number of hydrogen-bond donors (Lipinski definition) is 0. The van der Waals surface area contributed by atoms with Crippen molar-refractivity contribution >= 4 is 15.9 Å². The zero-order valence-electron chi connectivity index (χ0n) is 13.7. The zero-order chi connectivity index (χ0) is 15.0. The first-order valence-electron chi connectivity index (χ1n) is 8.20. The SMILES string of the molecule is CCCCCCCCC(c1ccc(Br)cc1)C(C)(C)C. The van der Waals surface area contributed by atoms with Gasteiger partial charge in [-0.3, -0.25) is 0 Å². The number of hydrogen-bond acceptors (Lipinski definition) is 0. The zero-order valence-corrected chi connectivity index (χ0v) is 15.3. The normalized spacial score (nSPS) is 13.4. The maximum atomic E-state index is 3.53. The molecule has 0 radical (unpaired) electrons. The van der Waals surface area contributed by atoms with Crippen LogP contribution in [0.15, 0.2) is 28.7 Å². The van der Waals surface area contributed by atoms with E-state index in [2.05, 4.69) is 67.9 Å². The van der Waals surface area contributed by atoms with Crippen molar-refractivity contribution in [3.63, 3.8) is 0 Å². The van der Waals surface area contributed by atoms with Gasteiger partial charge in [-0.25, -0.2) is 0 Å². The van der Waals surface area contributed by atoms with E-state index in [4.69, 9.17) is 0 Å². The molecule has 0 nitrogen and oxygen atoms in total. The Kier molecular flexibility index (Phi) is 7.87. The molecule has 1 aromatic carbocycles. The lowest BCUT2D eigenvalue weighted by Gasteiger charge is -2.31. The third kappa shape index (κ3) is 6.43. The van der Waals surface area contributed by atoms with Crippen LogP contribution in [0.5, 0.6) is 0 Å². The molecule has 0 N–H and O–H groups in total. The van der Waals surface area contributed by atoms with Gasteiger partial charge in [-0.05, 0) is 35.4 Å². The van der Waals surface area contributed by atoms with Gasteiger partial charge in [-0.2, -0.15) is 0 Å². The Morgan fingerprint density at radius 1 is 0.900 bits per heavy atom. The predicted octanol–water partition coefficient (Wildman–Crippen LogP) is 7.33. The van der Waals surface area contributed by atoms with E-state index in [1.165, 1.54) is 55.0 Å². The highest BCUT2D eigenvalue weighted by atomic mass is 79.9. The van der Waals surface area contributed by atoms with Crippen molar-refractivity contribution in [1.29, 1.82) is 0 Å². The quantitative estimate of drug-likeness (QED) is 0.435. The molecule has 0 bridgehead atoms. The minimum atomic E-state index is 0.344. The summed E-state index contributed by atoms with van der Waals surface area (Å²) in [5.41, 5.74) is 1.84. The van der Waals surface area contributed by atoms with E-state index in [-0.39, 0.29) is 0 Å². The molecule has 0 fully saturated rings. The van der Waals surface area contributed by atoms with Crippen LogP contribution in [0.2, 0.25) is 0 Å². The van der Waals surface area contributed by atoms with Crippen molar-refractivity contribution in [2.75, 3.05) is 0 Å². The fourth-order valence-corrected chi connectivity index (χ4v) is 3.19. The van der Waals surface area contributed by atoms with Crippen molar-refractivity contribution in [3.05, 3.63) is 34.3 Å². The average Bonchev–Trinajstić information content (AvgIpc) is 2.38. The largest absolute Gasteiger partial charge is 0.0654 e. The first-order valence-corrected chi connectivity index (χ1v) is 9.00. The maximum Gasteiger partial charge on any atom is 0.0175 e. The first kappa shape index (κ1) is 17.8. The van der Waals surface area contributed by atoms with Gasteiger partial charge in [0.1, 0.15) is 0 Å². The minimum Gasteiger partial charge on any atom is -0.0654 e. The molecule has 1 heteroatoms. The lowest BCUT2D eigenvalue weighted by molar-refractivity contribution is 0.297. The predicted molar refractivity (Wildman–Crippen MR) is 94.3 cm³/mol. The summed E-state index contributed by atoms with van der Waals surface area (Å²) in [6.07, 6.45) is 9.63. The smallest absolute Gasteiger partial charge is 0.0175 e. The van der Waals surface area contributed by atoms with Gasteiger partial charge in [0.05, 0.1) is 0 Å². The molecule has 0 amide bonds. The van der Waals surface area contributed by atoms with Crippen LogP contribution in [-0.2, 0) is 0 Å². The van der Waals surface area contributed by atoms with Gasteiger partial charge >= 0.3 is 0 Å². The molecule has 0 aliphatic carbocycles. The van der Waals surface area contributed by atoms with Gasteiger partial charge in [-0.1, -0.05) is 94.3 Å². The van der Waals surface area contributed by atoms with Crippen molar-refractivity contribution < 1.29 is 0 Å². The highest BCUT2D eigenvalue weighted by molar-refractivity contribution is 9.10. The summed E-state index contributed by atoms with van der Waals surface area (Å²) >= 11 is 3.53. The van der Waals surface area contributed by atoms with Crippen LogP contribution in [0.25, 0.3) is 0 Å².